The van der Waals surface area contributed by atoms with Crippen LogP contribution in [0.5, 0.6) is 0 Å². The van der Waals surface area contributed by atoms with Gasteiger partial charge in [0.25, 0.3) is 0 Å². The van der Waals surface area contributed by atoms with E-state index in [-0.39, 0.29) is 0 Å². The molecule has 0 saturated carbocycles. The van der Waals surface area contributed by atoms with Gasteiger partial charge in [-0.2, -0.15) is 0 Å². The summed E-state index contributed by atoms with van der Waals surface area (Å²) in [6, 6.07) is 18.0. The third-order valence-electron chi connectivity index (χ3n) is 4.20. The fourth-order valence-electron chi connectivity index (χ4n) is 2.95. The second-order valence-electron chi connectivity index (χ2n) is 5.89. The highest BCUT2D eigenvalue weighted by molar-refractivity contribution is 5.16. The number of piperazine rings is 1. The third-order valence-corrected chi connectivity index (χ3v) is 4.20. The zero-order valence-electron chi connectivity index (χ0n) is 12.6. The molecule has 1 aliphatic rings. The number of nitrogens with zero attached hydrogens (tertiary/aromatic N) is 2. The third kappa shape index (κ3) is 3.90. The zero-order chi connectivity index (χ0) is 14.5. The van der Waals surface area contributed by atoms with E-state index in [2.05, 4.69) is 64.6 Å². The fraction of sp³-hybridized carbons (Fsp3) is 0.389. The Labute approximate surface area is 127 Å². The highest BCUT2D eigenvalue weighted by atomic mass is 15.2. The maximum Gasteiger partial charge on any atom is 0.0544 e. The first-order valence-electron chi connectivity index (χ1n) is 7.72. The number of benzene rings is 1. The molecule has 1 saturated heterocycles. The number of rotatable bonds is 4. The van der Waals surface area contributed by atoms with Crippen LogP contribution in [0.2, 0.25) is 0 Å². The van der Waals surface area contributed by atoms with Crippen LogP contribution in [0.25, 0.3) is 0 Å². The molecular formula is C18H23N3. The molecule has 1 aromatic carbocycles. The molecule has 1 N–H and O–H groups in total. The molecule has 0 radical (unpaired) electrons. The van der Waals surface area contributed by atoms with Crippen LogP contribution in [0.3, 0.4) is 0 Å². The van der Waals surface area contributed by atoms with Crippen LogP contribution in [0.15, 0.2) is 54.7 Å². The molecule has 2 aromatic rings. The predicted molar refractivity (Wildman–Crippen MR) is 86.0 cm³/mol. The first-order chi connectivity index (χ1) is 10.3. The number of nitrogens with one attached hydrogen (secondary N) is 1. The summed E-state index contributed by atoms with van der Waals surface area (Å²) in [5.74, 6) is 0. The van der Waals surface area contributed by atoms with Crippen LogP contribution in [0.4, 0.5) is 0 Å². The Balaban J connectivity index is 1.62. The van der Waals surface area contributed by atoms with E-state index in [9.17, 15) is 0 Å². The molecule has 3 nitrogen and oxygen atoms in total. The average molecular weight is 281 g/mol. The largest absolute Gasteiger partial charge is 0.311 e. The molecular weight excluding hydrogens is 258 g/mol. The summed E-state index contributed by atoms with van der Waals surface area (Å²) >= 11 is 0. The summed E-state index contributed by atoms with van der Waals surface area (Å²) in [6.45, 7) is 5.35. The van der Waals surface area contributed by atoms with Crippen molar-refractivity contribution in [1.82, 2.24) is 15.2 Å². The lowest BCUT2D eigenvalue weighted by atomic mass is 10.0. The summed E-state index contributed by atoms with van der Waals surface area (Å²) in [6.07, 6.45) is 2.97. The summed E-state index contributed by atoms with van der Waals surface area (Å²) in [7, 11) is 0. The van der Waals surface area contributed by atoms with E-state index in [1.54, 1.807) is 0 Å². The minimum absolute atomic E-state index is 0.521. The van der Waals surface area contributed by atoms with Gasteiger partial charge in [-0.15, -0.1) is 0 Å². The van der Waals surface area contributed by atoms with Gasteiger partial charge >= 0.3 is 0 Å². The van der Waals surface area contributed by atoms with Gasteiger partial charge in [-0.3, -0.25) is 9.88 Å². The van der Waals surface area contributed by atoms with Crippen molar-refractivity contribution >= 4 is 0 Å². The Morgan fingerprint density at radius 2 is 1.95 bits per heavy atom. The van der Waals surface area contributed by atoms with Crippen molar-refractivity contribution in [1.29, 1.82) is 0 Å². The van der Waals surface area contributed by atoms with Gasteiger partial charge in [-0.1, -0.05) is 36.4 Å². The van der Waals surface area contributed by atoms with Gasteiger partial charge in [0.1, 0.15) is 0 Å². The van der Waals surface area contributed by atoms with Crippen molar-refractivity contribution in [2.45, 2.75) is 32.0 Å². The van der Waals surface area contributed by atoms with Crippen molar-refractivity contribution in [3.05, 3.63) is 66.0 Å². The molecule has 0 amide bonds. The topological polar surface area (TPSA) is 28.2 Å². The van der Waals surface area contributed by atoms with Crippen molar-refractivity contribution in [3.63, 3.8) is 0 Å². The molecule has 21 heavy (non-hydrogen) atoms. The van der Waals surface area contributed by atoms with Crippen LogP contribution in [-0.4, -0.2) is 35.1 Å². The maximum atomic E-state index is 4.45. The molecule has 2 unspecified atom stereocenters. The number of hydrogen-bond donors (Lipinski definition) is 1. The van der Waals surface area contributed by atoms with Crippen LogP contribution >= 0.6 is 0 Å². The van der Waals surface area contributed by atoms with Gasteiger partial charge < -0.3 is 5.32 Å². The minimum atomic E-state index is 0.521. The zero-order valence-corrected chi connectivity index (χ0v) is 12.6. The smallest absolute Gasteiger partial charge is 0.0544 e. The van der Waals surface area contributed by atoms with Crippen LogP contribution in [0.1, 0.15) is 18.2 Å². The van der Waals surface area contributed by atoms with Gasteiger partial charge in [0, 0.05) is 37.9 Å². The van der Waals surface area contributed by atoms with Crippen LogP contribution in [-0.2, 0) is 13.0 Å². The first kappa shape index (κ1) is 14.2. The van der Waals surface area contributed by atoms with Gasteiger partial charge in [0.2, 0.25) is 0 Å². The molecule has 2 heterocycles. The number of hydrogen-bond acceptors (Lipinski definition) is 3. The van der Waals surface area contributed by atoms with Crippen molar-refractivity contribution in [3.8, 4) is 0 Å². The van der Waals surface area contributed by atoms with Crippen molar-refractivity contribution in [2.75, 3.05) is 13.1 Å². The molecule has 1 aliphatic heterocycles. The highest BCUT2D eigenvalue weighted by Crippen LogP contribution is 2.14. The predicted octanol–water partition coefficient (Wildman–Crippen LogP) is 2.49. The maximum absolute atomic E-state index is 4.45. The van der Waals surface area contributed by atoms with Gasteiger partial charge in [0.15, 0.2) is 0 Å². The van der Waals surface area contributed by atoms with E-state index < -0.39 is 0 Å². The second kappa shape index (κ2) is 6.83. The molecule has 1 aromatic heterocycles. The number of pyridine rings is 1. The lowest BCUT2D eigenvalue weighted by Gasteiger charge is -2.38. The first-order valence-corrected chi connectivity index (χ1v) is 7.72. The fourth-order valence-corrected chi connectivity index (χ4v) is 2.95. The van der Waals surface area contributed by atoms with Crippen LogP contribution < -0.4 is 5.32 Å². The van der Waals surface area contributed by atoms with E-state index >= 15 is 0 Å². The molecule has 0 aliphatic carbocycles. The lowest BCUT2D eigenvalue weighted by molar-refractivity contribution is 0.131. The standard InChI is InChI=1S/C18H23N3/c1-15-12-20-18(11-16-7-3-2-4-8-16)14-21(15)13-17-9-5-6-10-19-17/h2-10,15,18,20H,11-14H2,1H3. The normalized spacial score (nSPS) is 23.1. The second-order valence-corrected chi connectivity index (χ2v) is 5.89. The van der Waals surface area contributed by atoms with E-state index in [1.807, 2.05) is 12.3 Å². The number of aromatic nitrogens is 1. The van der Waals surface area contributed by atoms with E-state index in [0.29, 0.717) is 12.1 Å². The van der Waals surface area contributed by atoms with E-state index in [0.717, 1.165) is 31.7 Å². The monoisotopic (exact) mass is 281 g/mol. The molecule has 110 valence electrons. The Bertz CT molecular complexity index is 541. The molecule has 3 heteroatoms. The van der Waals surface area contributed by atoms with Crippen LogP contribution in [0, 0.1) is 0 Å². The molecule has 0 spiro atoms. The Morgan fingerprint density at radius 3 is 2.71 bits per heavy atom. The molecule has 0 bridgehead atoms. The lowest BCUT2D eigenvalue weighted by Crippen LogP contribution is -2.55. The summed E-state index contributed by atoms with van der Waals surface area (Å²) in [5, 5.41) is 3.67. The summed E-state index contributed by atoms with van der Waals surface area (Å²) in [4.78, 5) is 6.99. The molecule has 2 atom stereocenters. The Morgan fingerprint density at radius 1 is 1.14 bits per heavy atom. The minimum Gasteiger partial charge on any atom is -0.311 e. The van der Waals surface area contributed by atoms with Gasteiger partial charge in [-0.05, 0) is 31.0 Å². The van der Waals surface area contributed by atoms with Crippen molar-refractivity contribution < 1.29 is 0 Å². The van der Waals surface area contributed by atoms with E-state index in [4.69, 9.17) is 0 Å². The molecule has 3 rings (SSSR count). The van der Waals surface area contributed by atoms with Crippen molar-refractivity contribution in [2.24, 2.45) is 0 Å². The Kier molecular flexibility index (Phi) is 4.63. The SMILES string of the molecule is CC1CNC(Cc2ccccc2)CN1Cc1ccccn1. The average Bonchev–Trinajstić information content (AvgIpc) is 2.53. The van der Waals surface area contributed by atoms with Gasteiger partial charge in [0.05, 0.1) is 5.69 Å². The van der Waals surface area contributed by atoms with E-state index in [1.165, 1.54) is 5.56 Å². The molecule has 1 fully saturated rings. The summed E-state index contributed by atoms with van der Waals surface area (Å²) in [5.41, 5.74) is 2.56. The Hall–Kier alpha value is -1.71. The quantitative estimate of drug-likeness (QED) is 0.933. The summed E-state index contributed by atoms with van der Waals surface area (Å²) < 4.78 is 0. The van der Waals surface area contributed by atoms with Gasteiger partial charge in [-0.25, -0.2) is 0 Å². The highest BCUT2D eigenvalue weighted by Gasteiger charge is 2.25.